The van der Waals surface area contributed by atoms with E-state index in [0.29, 0.717) is 12.4 Å². The molecule has 2 aromatic rings. The Balaban J connectivity index is 2.11. The number of nitrogens with zero attached hydrogens (tertiary/aromatic N) is 4. The zero-order valence-corrected chi connectivity index (χ0v) is 9.95. The zero-order valence-electron chi connectivity index (χ0n) is 9.95. The van der Waals surface area contributed by atoms with Crippen molar-refractivity contribution < 1.29 is 0 Å². The lowest BCUT2D eigenvalue weighted by atomic mass is 10.2. The van der Waals surface area contributed by atoms with Gasteiger partial charge in [0.25, 0.3) is 0 Å². The Labute approximate surface area is 101 Å². The van der Waals surface area contributed by atoms with Crippen LogP contribution < -0.4 is 5.73 Å². The SMILES string of the molecule is CC(CCCN)n1nnc(-c2ccccc2)n1. The summed E-state index contributed by atoms with van der Waals surface area (Å²) in [6.07, 6.45) is 1.95. The maximum atomic E-state index is 5.49. The highest BCUT2D eigenvalue weighted by Gasteiger charge is 2.10. The average molecular weight is 231 g/mol. The molecule has 0 saturated carbocycles. The molecule has 90 valence electrons. The van der Waals surface area contributed by atoms with Gasteiger partial charge in [-0.25, -0.2) is 0 Å². The van der Waals surface area contributed by atoms with Crippen LogP contribution in [0.2, 0.25) is 0 Å². The fraction of sp³-hybridized carbons (Fsp3) is 0.417. The number of aromatic nitrogens is 4. The molecule has 0 bridgehead atoms. The molecule has 0 fully saturated rings. The molecule has 1 atom stereocenters. The van der Waals surface area contributed by atoms with E-state index in [4.69, 9.17) is 5.73 Å². The molecular formula is C12H17N5. The summed E-state index contributed by atoms with van der Waals surface area (Å²) in [5.41, 5.74) is 6.48. The van der Waals surface area contributed by atoms with Crippen LogP contribution in [0.5, 0.6) is 0 Å². The molecule has 1 aromatic heterocycles. The zero-order chi connectivity index (χ0) is 12.1. The normalized spacial score (nSPS) is 12.6. The number of nitrogens with two attached hydrogens (primary N) is 1. The van der Waals surface area contributed by atoms with Crippen molar-refractivity contribution in [1.82, 2.24) is 20.2 Å². The lowest BCUT2D eigenvalue weighted by molar-refractivity contribution is 0.394. The summed E-state index contributed by atoms with van der Waals surface area (Å²) < 4.78 is 0. The monoisotopic (exact) mass is 231 g/mol. The standard InChI is InChI=1S/C12H17N5/c1-10(6-5-9-13)17-15-12(14-16-17)11-7-3-2-4-8-11/h2-4,7-8,10H,5-6,9,13H2,1H3. The molecule has 1 aromatic carbocycles. The van der Waals surface area contributed by atoms with E-state index in [2.05, 4.69) is 22.3 Å². The van der Waals surface area contributed by atoms with Gasteiger partial charge in [0.15, 0.2) is 0 Å². The van der Waals surface area contributed by atoms with Crippen molar-refractivity contribution in [2.45, 2.75) is 25.8 Å². The van der Waals surface area contributed by atoms with Crippen LogP contribution in [-0.2, 0) is 0 Å². The summed E-state index contributed by atoms with van der Waals surface area (Å²) in [4.78, 5) is 1.66. The van der Waals surface area contributed by atoms with E-state index >= 15 is 0 Å². The molecule has 0 saturated heterocycles. The predicted molar refractivity (Wildman–Crippen MR) is 66.3 cm³/mol. The van der Waals surface area contributed by atoms with Crippen LogP contribution in [0.3, 0.4) is 0 Å². The van der Waals surface area contributed by atoms with Crippen LogP contribution in [0.1, 0.15) is 25.8 Å². The van der Waals surface area contributed by atoms with Crippen molar-refractivity contribution in [1.29, 1.82) is 0 Å². The predicted octanol–water partition coefficient (Wildman–Crippen LogP) is 1.64. The van der Waals surface area contributed by atoms with Gasteiger partial charge in [0.1, 0.15) is 0 Å². The molecule has 2 N–H and O–H groups in total. The van der Waals surface area contributed by atoms with E-state index < -0.39 is 0 Å². The van der Waals surface area contributed by atoms with Gasteiger partial charge in [0.2, 0.25) is 5.82 Å². The first kappa shape index (κ1) is 11.7. The Hall–Kier alpha value is -1.75. The molecule has 0 spiro atoms. The van der Waals surface area contributed by atoms with Crippen LogP contribution in [-0.4, -0.2) is 26.8 Å². The highest BCUT2D eigenvalue weighted by molar-refractivity contribution is 5.52. The average Bonchev–Trinajstić information content (AvgIpc) is 2.86. The Morgan fingerprint density at radius 3 is 2.76 bits per heavy atom. The molecule has 1 unspecified atom stereocenters. The van der Waals surface area contributed by atoms with Crippen molar-refractivity contribution in [3.63, 3.8) is 0 Å². The second-order valence-electron chi connectivity index (χ2n) is 4.08. The van der Waals surface area contributed by atoms with Crippen molar-refractivity contribution in [3.05, 3.63) is 30.3 Å². The number of tetrazole rings is 1. The highest BCUT2D eigenvalue weighted by atomic mass is 15.6. The third-order valence-electron chi connectivity index (χ3n) is 2.68. The quantitative estimate of drug-likeness (QED) is 0.849. The molecule has 0 aliphatic carbocycles. The number of rotatable bonds is 5. The second kappa shape index (κ2) is 5.54. The first-order chi connectivity index (χ1) is 8.31. The maximum absolute atomic E-state index is 5.49. The van der Waals surface area contributed by atoms with E-state index in [-0.39, 0.29) is 6.04 Å². The smallest absolute Gasteiger partial charge is 0.204 e. The second-order valence-corrected chi connectivity index (χ2v) is 4.08. The number of hydrogen-bond donors (Lipinski definition) is 1. The minimum atomic E-state index is 0.239. The van der Waals surface area contributed by atoms with Crippen molar-refractivity contribution in [2.24, 2.45) is 5.73 Å². The van der Waals surface area contributed by atoms with Gasteiger partial charge in [0.05, 0.1) is 6.04 Å². The van der Waals surface area contributed by atoms with Crippen LogP contribution in [0.4, 0.5) is 0 Å². The van der Waals surface area contributed by atoms with Crippen LogP contribution in [0.25, 0.3) is 11.4 Å². The Morgan fingerprint density at radius 2 is 2.06 bits per heavy atom. The van der Waals surface area contributed by atoms with Gasteiger partial charge in [0, 0.05) is 5.56 Å². The van der Waals surface area contributed by atoms with Crippen molar-refractivity contribution in [2.75, 3.05) is 6.54 Å². The Bertz CT molecular complexity index is 451. The van der Waals surface area contributed by atoms with Gasteiger partial charge < -0.3 is 5.73 Å². The topological polar surface area (TPSA) is 69.6 Å². The highest BCUT2D eigenvalue weighted by Crippen LogP contribution is 2.15. The molecule has 0 aliphatic heterocycles. The summed E-state index contributed by atoms with van der Waals surface area (Å²) in [5, 5.41) is 12.5. The largest absolute Gasteiger partial charge is 0.330 e. The van der Waals surface area contributed by atoms with Gasteiger partial charge >= 0.3 is 0 Å². The molecule has 2 rings (SSSR count). The lowest BCUT2D eigenvalue weighted by Crippen LogP contribution is -2.11. The van der Waals surface area contributed by atoms with Crippen LogP contribution >= 0.6 is 0 Å². The van der Waals surface area contributed by atoms with E-state index in [1.54, 1.807) is 4.80 Å². The van der Waals surface area contributed by atoms with Gasteiger partial charge in [-0.3, -0.25) is 0 Å². The third-order valence-corrected chi connectivity index (χ3v) is 2.68. The van der Waals surface area contributed by atoms with Gasteiger partial charge in [-0.15, -0.1) is 10.2 Å². The summed E-state index contributed by atoms with van der Waals surface area (Å²) in [6, 6.07) is 10.1. The minimum absolute atomic E-state index is 0.239. The van der Waals surface area contributed by atoms with Gasteiger partial charge in [-0.2, -0.15) is 4.80 Å². The molecule has 1 heterocycles. The maximum Gasteiger partial charge on any atom is 0.204 e. The fourth-order valence-corrected chi connectivity index (χ4v) is 1.64. The van der Waals surface area contributed by atoms with E-state index in [0.717, 1.165) is 18.4 Å². The van der Waals surface area contributed by atoms with Crippen molar-refractivity contribution >= 4 is 0 Å². The third kappa shape index (κ3) is 2.88. The van der Waals surface area contributed by atoms with Crippen LogP contribution in [0, 0.1) is 0 Å². The molecule has 17 heavy (non-hydrogen) atoms. The first-order valence-electron chi connectivity index (χ1n) is 5.86. The fourth-order valence-electron chi connectivity index (χ4n) is 1.64. The summed E-state index contributed by atoms with van der Waals surface area (Å²) in [7, 11) is 0. The molecule has 5 heteroatoms. The van der Waals surface area contributed by atoms with Gasteiger partial charge in [-0.05, 0) is 31.5 Å². The number of hydrogen-bond acceptors (Lipinski definition) is 4. The molecule has 0 radical (unpaired) electrons. The summed E-state index contributed by atoms with van der Waals surface area (Å²) in [6.45, 7) is 2.77. The first-order valence-corrected chi connectivity index (χ1v) is 5.86. The van der Waals surface area contributed by atoms with Crippen molar-refractivity contribution in [3.8, 4) is 11.4 Å². The lowest BCUT2D eigenvalue weighted by Gasteiger charge is -2.07. The number of benzene rings is 1. The minimum Gasteiger partial charge on any atom is -0.330 e. The van der Waals surface area contributed by atoms with E-state index in [1.807, 2.05) is 30.3 Å². The Morgan fingerprint density at radius 1 is 1.29 bits per heavy atom. The summed E-state index contributed by atoms with van der Waals surface area (Å²) in [5.74, 6) is 0.671. The molecule has 0 aliphatic rings. The summed E-state index contributed by atoms with van der Waals surface area (Å²) >= 11 is 0. The van der Waals surface area contributed by atoms with Gasteiger partial charge in [-0.1, -0.05) is 30.3 Å². The Kier molecular flexibility index (Phi) is 3.82. The molecule has 5 nitrogen and oxygen atoms in total. The van der Waals surface area contributed by atoms with E-state index in [9.17, 15) is 0 Å². The van der Waals surface area contributed by atoms with Crippen LogP contribution in [0.15, 0.2) is 30.3 Å². The molecule has 0 amide bonds. The van der Waals surface area contributed by atoms with E-state index in [1.165, 1.54) is 0 Å². The molecular weight excluding hydrogens is 214 g/mol.